The second kappa shape index (κ2) is 9.86. The summed E-state index contributed by atoms with van der Waals surface area (Å²) in [5.41, 5.74) is 2.66. The monoisotopic (exact) mass is 406 g/mol. The van der Waals surface area contributed by atoms with Gasteiger partial charge in [0.1, 0.15) is 5.75 Å². The zero-order valence-electron chi connectivity index (χ0n) is 16.8. The van der Waals surface area contributed by atoms with Gasteiger partial charge in [0.05, 0.1) is 17.9 Å². The molecule has 2 rings (SSSR count). The van der Waals surface area contributed by atoms with Crippen LogP contribution in [0.3, 0.4) is 0 Å². The van der Waals surface area contributed by atoms with Gasteiger partial charge in [-0.25, -0.2) is 4.79 Å². The number of carbonyl (C=O) groups is 2. The van der Waals surface area contributed by atoms with E-state index in [9.17, 15) is 18.4 Å². The summed E-state index contributed by atoms with van der Waals surface area (Å²) in [4.78, 5) is 24.7. The number of esters is 1. The summed E-state index contributed by atoms with van der Waals surface area (Å²) >= 11 is 0. The Labute approximate surface area is 168 Å². The minimum Gasteiger partial charge on any atom is -0.462 e. The van der Waals surface area contributed by atoms with E-state index in [1.54, 1.807) is 13.0 Å². The van der Waals surface area contributed by atoms with Crippen LogP contribution in [0.25, 0.3) is 6.08 Å². The number of nitrogens with zero attached hydrogens (tertiary/aromatic N) is 1. The molecule has 1 amide bonds. The molecule has 0 fully saturated rings. The number of ether oxygens (including phenoxy) is 2. The maximum Gasteiger partial charge on any atom is 0.387 e. The van der Waals surface area contributed by atoms with Gasteiger partial charge in [0, 0.05) is 29.6 Å². The maximum absolute atomic E-state index is 12.5. The number of aromatic nitrogens is 1. The summed E-state index contributed by atoms with van der Waals surface area (Å²) in [6, 6.07) is 5.90. The van der Waals surface area contributed by atoms with Crippen molar-refractivity contribution in [1.29, 1.82) is 0 Å². The van der Waals surface area contributed by atoms with E-state index < -0.39 is 18.5 Å². The highest BCUT2D eigenvalue weighted by Crippen LogP contribution is 2.27. The molecule has 6 nitrogen and oxygen atoms in total. The molecule has 0 aliphatic carbocycles. The standard InChI is InChI=1S/C21H24F2N2O4/c1-5-25-13(3)15(19(14(25)4)20(27)28-6-2)11-12-18(26)24-16-9-7-8-10-17(16)29-21(22)23/h7-12,21H,5-6H2,1-4H3,(H,24,26)/b12-11+. The number of amides is 1. The van der Waals surface area contributed by atoms with Crippen LogP contribution >= 0.6 is 0 Å². The summed E-state index contributed by atoms with van der Waals surface area (Å²) in [5.74, 6) is -1.15. The molecule has 1 heterocycles. The Bertz CT molecular complexity index is 920. The van der Waals surface area contributed by atoms with Crippen molar-refractivity contribution in [3.8, 4) is 5.75 Å². The summed E-state index contributed by atoms with van der Waals surface area (Å²) < 4.78 is 36.5. The molecule has 2 aromatic rings. The third kappa shape index (κ3) is 5.22. The van der Waals surface area contributed by atoms with Gasteiger partial charge < -0.3 is 19.4 Å². The van der Waals surface area contributed by atoms with Crippen molar-refractivity contribution in [3.05, 3.63) is 52.9 Å². The van der Waals surface area contributed by atoms with Gasteiger partial charge >= 0.3 is 12.6 Å². The second-order valence-corrected chi connectivity index (χ2v) is 6.12. The molecular formula is C21H24F2N2O4. The first-order valence-corrected chi connectivity index (χ1v) is 9.19. The second-order valence-electron chi connectivity index (χ2n) is 6.12. The van der Waals surface area contributed by atoms with Crippen LogP contribution in [-0.4, -0.2) is 29.7 Å². The van der Waals surface area contributed by atoms with E-state index in [2.05, 4.69) is 10.1 Å². The first-order chi connectivity index (χ1) is 13.8. The average molecular weight is 406 g/mol. The molecule has 29 heavy (non-hydrogen) atoms. The summed E-state index contributed by atoms with van der Waals surface area (Å²) in [6.45, 7) is 5.23. The smallest absolute Gasteiger partial charge is 0.387 e. The third-order valence-corrected chi connectivity index (χ3v) is 4.39. The average Bonchev–Trinajstić information content (AvgIpc) is 2.90. The van der Waals surface area contributed by atoms with E-state index in [0.717, 1.165) is 11.4 Å². The minimum absolute atomic E-state index is 0.118. The van der Waals surface area contributed by atoms with E-state index in [-0.39, 0.29) is 18.0 Å². The lowest BCUT2D eigenvalue weighted by Gasteiger charge is -2.10. The fourth-order valence-corrected chi connectivity index (χ4v) is 3.15. The zero-order valence-corrected chi connectivity index (χ0v) is 16.8. The lowest BCUT2D eigenvalue weighted by molar-refractivity contribution is -0.111. The number of rotatable bonds is 8. The first kappa shape index (κ1) is 22.1. The Morgan fingerprint density at radius 3 is 2.48 bits per heavy atom. The van der Waals surface area contributed by atoms with Crippen LogP contribution < -0.4 is 10.1 Å². The van der Waals surface area contributed by atoms with Gasteiger partial charge in [-0.15, -0.1) is 0 Å². The molecule has 156 valence electrons. The van der Waals surface area contributed by atoms with Gasteiger partial charge in [0.25, 0.3) is 0 Å². The van der Waals surface area contributed by atoms with Gasteiger partial charge in [-0.05, 0) is 45.9 Å². The number of benzene rings is 1. The molecule has 0 aliphatic heterocycles. The number of alkyl halides is 2. The third-order valence-electron chi connectivity index (χ3n) is 4.39. The molecule has 0 saturated heterocycles. The molecule has 0 spiro atoms. The van der Waals surface area contributed by atoms with Crippen LogP contribution in [0.15, 0.2) is 30.3 Å². The number of hydrogen-bond donors (Lipinski definition) is 1. The summed E-state index contributed by atoms with van der Waals surface area (Å²) in [7, 11) is 0. The van der Waals surface area contributed by atoms with E-state index in [0.29, 0.717) is 17.7 Å². The van der Waals surface area contributed by atoms with Crippen LogP contribution in [-0.2, 0) is 16.1 Å². The van der Waals surface area contributed by atoms with Gasteiger partial charge in [-0.2, -0.15) is 8.78 Å². The van der Waals surface area contributed by atoms with Crippen molar-refractivity contribution in [2.75, 3.05) is 11.9 Å². The van der Waals surface area contributed by atoms with E-state index in [4.69, 9.17) is 4.74 Å². The minimum atomic E-state index is -3.00. The summed E-state index contributed by atoms with van der Waals surface area (Å²) in [5, 5.41) is 2.51. The van der Waals surface area contributed by atoms with E-state index >= 15 is 0 Å². The van der Waals surface area contributed by atoms with E-state index in [1.165, 1.54) is 30.4 Å². The number of hydrogen-bond acceptors (Lipinski definition) is 4. The molecular weight excluding hydrogens is 382 g/mol. The predicted octanol–water partition coefficient (Wildman–Crippen LogP) is 4.55. The molecule has 1 N–H and O–H groups in total. The van der Waals surface area contributed by atoms with Gasteiger partial charge in [-0.3, -0.25) is 4.79 Å². The Morgan fingerprint density at radius 1 is 1.17 bits per heavy atom. The largest absolute Gasteiger partial charge is 0.462 e. The Kier molecular flexibility index (Phi) is 7.52. The Hall–Kier alpha value is -3.16. The highest BCUT2D eigenvalue weighted by Gasteiger charge is 2.22. The van der Waals surface area contributed by atoms with Gasteiger partial charge in [0.15, 0.2) is 0 Å². The van der Waals surface area contributed by atoms with Crippen LogP contribution in [0, 0.1) is 13.8 Å². The SMILES string of the molecule is CCOC(=O)c1c(/C=C/C(=O)Nc2ccccc2OC(F)F)c(C)n(CC)c1C. The lowest BCUT2D eigenvalue weighted by Crippen LogP contribution is -2.11. The van der Waals surface area contributed by atoms with Crippen molar-refractivity contribution >= 4 is 23.6 Å². The molecule has 0 bridgehead atoms. The van der Waals surface area contributed by atoms with Crippen molar-refractivity contribution < 1.29 is 27.8 Å². The molecule has 0 unspecified atom stereocenters. The van der Waals surface area contributed by atoms with Crippen molar-refractivity contribution in [2.24, 2.45) is 0 Å². The van der Waals surface area contributed by atoms with Crippen LogP contribution in [0.5, 0.6) is 5.75 Å². The number of nitrogens with one attached hydrogen (secondary N) is 1. The van der Waals surface area contributed by atoms with Crippen LogP contribution in [0.4, 0.5) is 14.5 Å². The number of carbonyl (C=O) groups excluding carboxylic acids is 2. The van der Waals surface area contributed by atoms with Crippen LogP contribution in [0.2, 0.25) is 0 Å². The first-order valence-electron chi connectivity index (χ1n) is 9.19. The normalized spacial score (nSPS) is 11.1. The molecule has 8 heteroatoms. The van der Waals surface area contributed by atoms with Crippen molar-refractivity contribution in [1.82, 2.24) is 4.57 Å². The zero-order chi connectivity index (χ0) is 21.6. The molecule has 1 aromatic carbocycles. The molecule has 1 aromatic heterocycles. The highest BCUT2D eigenvalue weighted by molar-refractivity contribution is 6.04. The number of anilines is 1. The van der Waals surface area contributed by atoms with Crippen molar-refractivity contribution in [2.45, 2.75) is 40.9 Å². The Balaban J connectivity index is 2.30. The lowest BCUT2D eigenvalue weighted by atomic mass is 10.1. The van der Waals surface area contributed by atoms with Crippen LogP contribution in [0.1, 0.15) is 41.2 Å². The summed E-state index contributed by atoms with van der Waals surface area (Å²) in [6.07, 6.45) is 2.76. The molecule has 0 atom stereocenters. The van der Waals surface area contributed by atoms with E-state index in [1.807, 2.05) is 25.3 Å². The Morgan fingerprint density at radius 2 is 1.86 bits per heavy atom. The topological polar surface area (TPSA) is 69.6 Å². The van der Waals surface area contributed by atoms with Crippen molar-refractivity contribution in [3.63, 3.8) is 0 Å². The number of para-hydroxylation sites is 2. The molecule has 0 aliphatic rings. The number of halogens is 2. The maximum atomic E-state index is 12.5. The predicted molar refractivity (Wildman–Crippen MR) is 106 cm³/mol. The highest BCUT2D eigenvalue weighted by atomic mass is 19.3. The fourth-order valence-electron chi connectivity index (χ4n) is 3.15. The van der Waals surface area contributed by atoms with Gasteiger partial charge in [0.2, 0.25) is 5.91 Å². The molecule has 0 radical (unpaired) electrons. The molecule has 0 saturated carbocycles. The quantitative estimate of drug-likeness (QED) is 0.516. The fraction of sp³-hybridized carbons (Fsp3) is 0.333. The van der Waals surface area contributed by atoms with Gasteiger partial charge in [-0.1, -0.05) is 12.1 Å².